The smallest absolute Gasteiger partial charge is 0.258 e. The Morgan fingerprint density at radius 2 is 1.97 bits per heavy atom. The first-order valence-corrected chi connectivity index (χ1v) is 12.1. The third-order valence-electron chi connectivity index (χ3n) is 4.88. The number of unbranched alkanes of at least 4 members (excludes halogenated alkanes) is 2. The van der Waals surface area contributed by atoms with Crippen LogP contribution in [0.3, 0.4) is 0 Å². The standard InChI is InChI=1S/C20H26ClN5O3S2/c1-20(2)18(27)26(16-9-8-15(13-22)17(21)12-16)19(30)25(20)10-6-5-7-11-31(28,29)23-14-24(3)4/h8-9,12,14H,5-7,10-11H2,1-4H3. The lowest BCUT2D eigenvalue weighted by molar-refractivity contribution is -0.123. The number of thiocarbonyl (C=S) groups is 1. The lowest BCUT2D eigenvalue weighted by Crippen LogP contribution is -2.44. The van der Waals surface area contributed by atoms with Gasteiger partial charge in [-0.3, -0.25) is 9.69 Å². The molecule has 0 aromatic heterocycles. The molecule has 0 bridgehead atoms. The topological polar surface area (TPSA) is 97.1 Å². The summed E-state index contributed by atoms with van der Waals surface area (Å²) in [6.07, 6.45) is 3.07. The number of hydrogen-bond acceptors (Lipinski definition) is 5. The molecule has 0 N–H and O–H groups in total. The quantitative estimate of drug-likeness (QED) is 0.230. The molecule has 0 aliphatic carbocycles. The molecule has 1 aromatic rings. The zero-order valence-corrected chi connectivity index (χ0v) is 20.4. The first-order valence-electron chi connectivity index (χ1n) is 9.71. The van der Waals surface area contributed by atoms with Gasteiger partial charge in [0.15, 0.2) is 5.11 Å². The Balaban J connectivity index is 2.01. The summed E-state index contributed by atoms with van der Waals surface area (Å²) in [6.45, 7) is 4.11. The first-order chi connectivity index (χ1) is 14.4. The highest BCUT2D eigenvalue weighted by Gasteiger charge is 2.49. The summed E-state index contributed by atoms with van der Waals surface area (Å²) in [4.78, 5) is 17.9. The fraction of sp³-hybridized carbons (Fsp3) is 0.500. The van der Waals surface area contributed by atoms with Gasteiger partial charge in [-0.15, -0.1) is 0 Å². The summed E-state index contributed by atoms with van der Waals surface area (Å²) in [5, 5.41) is 9.67. The fourth-order valence-electron chi connectivity index (χ4n) is 3.12. The summed E-state index contributed by atoms with van der Waals surface area (Å²) >= 11 is 11.7. The van der Waals surface area contributed by atoms with Crippen molar-refractivity contribution in [1.82, 2.24) is 9.80 Å². The van der Waals surface area contributed by atoms with Crippen LogP contribution in [0.15, 0.2) is 22.6 Å². The summed E-state index contributed by atoms with van der Waals surface area (Å²) < 4.78 is 27.4. The number of amides is 1. The number of sulfonamides is 1. The Morgan fingerprint density at radius 3 is 2.55 bits per heavy atom. The molecule has 1 aromatic carbocycles. The normalized spacial score (nSPS) is 16.3. The lowest BCUT2D eigenvalue weighted by atomic mass is 10.0. The van der Waals surface area contributed by atoms with E-state index in [1.165, 1.54) is 11.2 Å². The number of carbonyl (C=O) groups excluding carboxylic acids is 1. The number of halogens is 1. The van der Waals surface area contributed by atoms with Gasteiger partial charge >= 0.3 is 0 Å². The summed E-state index contributed by atoms with van der Waals surface area (Å²) in [6, 6.07) is 6.75. The minimum absolute atomic E-state index is 0.0278. The van der Waals surface area contributed by atoms with E-state index in [-0.39, 0.29) is 16.7 Å². The minimum Gasteiger partial charge on any atom is -0.368 e. The maximum absolute atomic E-state index is 13.1. The monoisotopic (exact) mass is 483 g/mol. The van der Waals surface area contributed by atoms with Crippen LogP contribution in [-0.2, 0) is 14.8 Å². The van der Waals surface area contributed by atoms with Crippen molar-refractivity contribution in [3.8, 4) is 6.07 Å². The van der Waals surface area contributed by atoms with Gasteiger partial charge < -0.3 is 9.80 Å². The van der Waals surface area contributed by atoms with E-state index in [4.69, 9.17) is 29.1 Å². The molecular formula is C20H26ClN5O3S2. The van der Waals surface area contributed by atoms with E-state index in [9.17, 15) is 13.2 Å². The van der Waals surface area contributed by atoms with Gasteiger partial charge in [0, 0.05) is 20.6 Å². The fourth-order valence-corrected chi connectivity index (χ4v) is 4.85. The largest absolute Gasteiger partial charge is 0.368 e. The van der Waals surface area contributed by atoms with Crippen molar-refractivity contribution in [1.29, 1.82) is 5.26 Å². The number of carbonyl (C=O) groups is 1. The maximum Gasteiger partial charge on any atom is 0.258 e. The third kappa shape index (κ3) is 5.93. The molecule has 1 saturated heterocycles. The number of anilines is 1. The van der Waals surface area contributed by atoms with E-state index in [2.05, 4.69) is 4.40 Å². The van der Waals surface area contributed by atoms with E-state index in [0.717, 1.165) is 0 Å². The number of benzene rings is 1. The second kappa shape index (κ2) is 9.94. The Kier molecular flexibility index (Phi) is 8.03. The molecule has 1 amide bonds. The molecule has 8 nitrogen and oxygen atoms in total. The molecule has 1 heterocycles. The number of rotatable bonds is 9. The average molecular weight is 484 g/mol. The van der Waals surface area contributed by atoms with E-state index < -0.39 is 15.6 Å². The molecule has 0 atom stereocenters. The number of nitrogens with zero attached hydrogens (tertiary/aromatic N) is 5. The summed E-state index contributed by atoms with van der Waals surface area (Å²) in [5.74, 6) is -0.209. The Labute approximate surface area is 194 Å². The van der Waals surface area contributed by atoms with E-state index in [1.54, 1.807) is 51.0 Å². The molecule has 11 heteroatoms. The molecule has 0 spiro atoms. The van der Waals surface area contributed by atoms with Crippen LogP contribution in [-0.4, -0.2) is 67.5 Å². The molecule has 2 rings (SSSR count). The van der Waals surface area contributed by atoms with Crippen molar-refractivity contribution in [2.75, 3.05) is 31.3 Å². The van der Waals surface area contributed by atoms with Crippen LogP contribution in [0.2, 0.25) is 5.02 Å². The molecule has 168 valence electrons. The van der Waals surface area contributed by atoms with Crippen LogP contribution in [0, 0.1) is 11.3 Å². The molecule has 1 aliphatic rings. The van der Waals surface area contributed by atoms with Crippen LogP contribution in [0.5, 0.6) is 0 Å². The van der Waals surface area contributed by atoms with Crippen molar-refractivity contribution < 1.29 is 13.2 Å². The number of hydrogen-bond donors (Lipinski definition) is 0. The zero-order chi connectivity index (χ0) is 23.4. The van der Waals surface area contributed by atoms with Gasteiger partial charge in [-0.25, -0.2) is 8.42 Å². The molecular weight excluding hydrogens is 458 g/mol. The molecule has 1 aliphatic heterocycles. The van der Waals surface area contributed by atoms with Crippen molar-refractivity contribution in [2.24, 2.45) is 4.40 Å². The lowest BCUT2D eigenvalue weighted by Gasteiger charge is -2.29. The SMILES string of the molecule is CN(C)C=NS(=O)(=O)CCCCCN1C(=S)N(c2ccc(C#N)c(Cl)c2)C(=O)C1(C)C. The van der Waals surface area contributed by atoms with E-state index in [1.807, 2.05) is 11.0 Å². The Morgan fingerprint density at radius 1 is 1.29 bits per heavy atom. The van der Waals surface area contributed by atoms with Gasteiger partial charge in [0.1, 0.15) is 17.9 Å². The highest BCUT2D eigenvalue weighted by atomic mass is 35.5. The molecule has 0 saturated carbocycles. The molecule has 0 unspecified atom stereocenters. The highest BCUT2D eigenvalue weighted by molar-refractivity contribution is 7.90. The van der Waals surface area contributed by atoms with Crippen LogP contribution in [0.1, 0.15) is 38.7 Å². The molecule has 0 radical (unpaired) electrons. The minimum atomic E-state index is -3.48. The van der Waals surface area contributed by atoms with Crippen molar-refractivity contribution in [3.05, 3.63) is 28.8 Å². The Hall–Kier alpha value is -2.22. The second-order valence-electron chi connectivity index (χ2n) is 7.94. The third-order valence-corrected chi connectivity index (χ3v) is 6.81. The van der Waals surface area contributed by atoms with Gasteiger partial charge in [-0.05, 0) is 57.1 Å². The predicted molar refractivity (Wildman–Crippen MR) is 127 cm³/mol. The molecule has 1 fully saturated rings. The first kappa shape index (κ1) is 25.0. The average Bonchev–Trinajstić information content (AvgIpc) is 2.85. The Bertz CT molecular complexity index is 1030. The van der Waals surface area contributed by atoms with Gasteiger partial charge in [-0.1, -0.05) is 18.0 Å². The summed E-state index contributed by atoms with van der Waals surface area (Å²) in [7, 11) is -0.0736. The molecule has 31 heavy (non-hydrogen) atoms. The number of nitriles is 1. The van der Waals surface area contributed by atoms with Gasteiger partial charge in [0.05, 0.1) is 22.0 Å². The van der Waals surface area contributed by atoms with Crippen LogP contribution < -0.4 is 4.90 Å². The van der Waals surface area contributed by atoms with Crippen molar-refractivity contribution in [3.63, 3.8) is 0 Å². The van der Waals surface area contributed by atoms with Crippen LogP contribution >= 0.6 is 23.8 Å². The van der Waals surface area contributed by atoms with Crippen LogP contribution in [0.25, 0.3) is 0 Å². The maximum atomic E-state index is 13.1. The predicted octanol–water partition coefficient (Wildman–Crippen LogP) is 3.01. The van der Waals surface area contributed by atoms with Crippen LogP contribution in [0.4, 0.5) is 5.69 Å². The second-order valence-corrected chi connectivity index (χ2v) is 10.5. The van der Waals surface area contributed by atoms with Gasteiger partial charge in [0.2, 0.25) is 0 Å². The summed E-state index contributed by atoms with van der Waals surface area (Å²) in [5.41, 5.74) is -0.0112. The zero-order valence-electron chi connectivity index (χ0n) is 18.0. The highest BCUT2D eigenvalue weighted by Crippen LogP contribution is 2.34. The van der Waals surface area contributed by atoms with Gasteiger partial charge in [-0.2, -0.15) is 9.66 Å². The van der Waals surface area contributed by atoms with Gasteiger partial charge in [0.25, 0.3) is 15.9 Å². The van der Waals surface area contributed by atoms with E-state index in [0.29, 0.717) is 42.2 Å². The van der Waals surface area contributed by atoms with E-state index >= 15 is 0 Å². The van der Waals surface area contributed by atoms with Crippen molar-refractivity contribution in [2.45, 2.75) is 38.6 Å². The van der Waals surface area contributed by atoms with Crippen molar-refractivity contribution >= 4 is 56.9 Å².